The zero-order valence-corrected chi connectivity index (χ0v) is 16.5. The number of aliphatic imine (C=N–C) groups is 1. The van der Waals surface area contributed by atoms with Crippen molar-refractivity contribution >= 4 is 29.9 Å². The summed E-state index contributed by atoms with van der Waals surface area (Å²) in [6.07, 6.45) is 7.14. The van der Waals surface area contributed by atoms with Crippen LogP contribution in [0, 0.1) is 6.92 Å². The quantitative estimate of drug-likeness (QED) is 0.315. The van der Waals surface area contributed by atoms with Crippen molar-refractivity contribution in [2.24, 2.45) is 4.99 Å². The number of unbranched alkanes of at least 4 members (excludes halogenated alkanes) is 1. The van der Waals surface area contributed by atoms with Gasteiger partial charge in [0.2, 0.25) is 0 Å². The Morgan fingerprint density at radius 2 is 2.04 bits per heavy atom. The molecule has 0 aliphatic heterocycles. The fourth-order valence-corrected chi connectivity index (χ4v) is 2.97. The number of aryl methyl sites for hydroxylation is 1. The third-order valence-electron chi connectivity index (χ3n) is 4.29. The molecular formula is C17H29IN4O. The number of aromatic nitrogens is 1. The molecule has 0 saturated heterocycles. The lowest BCUT2D eigenvalue weighted by molar-refractivity contribution is 0.567. The summed E-state index contributed by atoms with van der Waals surface area (Å²) in [5, 5.41) is 6.84. The van der Waals surface area contributed by atoms with Crippen molar-refractivity contribution < 1.29 is 0 Å². The van der Waals surface area contributed by atoms with E-state index in [2.05, 4.69) is 15.6 Å². The van der Waals surface area contributed by atoms with Crippen molar-refractivity contribution in [2.45, 2.75) is 58.0 Å². The molecule has 1 aliphatic rings. The second-order valence-electron chi connectivity index (χ2n) is 5.99. The van der Waals surface area contributed by atoms with E-state index in [9.17, 15) is 4.79 Å². The van der Waals surface area contributed by atoms with Gasteiger partial charge < -0.3 is 15.2 Å². The number of guanidine groups is 1. The van der Waals surface area contributed by atoms with Crippen molar-refractivity contribution in [3.05, 3.63) is 34.2 Å². The Morgan fingerprint density at radius 1 is 1.30 bits per heavy atom. The highest BCUT2D eigenvalue weighted by Crippen LogP contribution is 2.17. The average Bonchev–Trinajstić information content (AvgIpc) is 3.01. The van der Waals surface area contributed by atoms with Gasteiger partial charge >= 0.3 is 0 Å². The Kier molecular flexibility index (Phi) is 9.28. The van der Waals surface area contributed by atoms with Gasteiger partial charge in [0.05, 0.1) is 0 Å². The monoisotopic (exact) mass is 432 g/mol. The molecule has 1 heterocycles. The molecular weight excluding hydrogens is 403 g/mol. The third-order valence-corrected chi connectivity index (χ3v) is 4.29. The molecule has 0 atom stereocenters. The first kappa shape index (κ1) is 20.0. The van der Waals surface area contributed by atoms with Gasteiger partial charge in [-0.1, -0.05) is 18.9 Å². The van der Waals surface area contributed by atoms with Crippen LogP contribution in [0.3, 0.4) is 0 Å². The van der Waals surface area contributed by atoms with Crippen molar-refractivity contribution in [3.8, 4) is 0 Å². The highest BCUT2D eigenvalue weighted by Gasteiger charge is 2.15. The van der Waals surface area contributed by atoms with E-state index < -0.39 is 0 Å². The van der Waals surface area contributed by atoms with Crippen LogP contribution in [0.25, 0.3) is 0 Å². The molecule has 1 saturated carbocycles. The first-order valence-corrected chi connectivity index (χ1v) is 8.34. The second kappa shape index (κ2) is 10.7. The Balaban J connectivity index is 0.00000264. The molecule has 2 N–H and O–H groups in total. The predicted octanol–water partition coefficient (Wildman–Crippen LogP) is 2.66. The molecule has 1 fully saturated rings. The summed E-state index contributed by atoms with van der Waals surface area (Å²) in [6.45, 7) is 3.64. The van der Waals surface area contributed by atoms with Crippen molar-refractivity contribution in [3.63, 3.8) is 0 Å². The molecule has 1 aromatic rings. The minimum Gasteiger partial charge on any atom is -0.356 e. The molecule has 5 nitrogen and oxygen atoms in total. The van der Waals surface area contributed by atoms with E-state index in [-0.39, 0.29) is 29.5 Å². The number of halogens is 1. The molecule has 130 valence electrons. The van der Waals surface area contributed by atoms with E-state index in [0.717, 1.165) is 37.6 Å². The summed E-state index contributed by atoms with van der Waals surface area (Å²) in [5.41, 5.74) is 1.12. The Hall–Kier alpha value is -1.05. The summed E-state index contributed by atoms with van der Waals surface area (Å²) in [7, 11) is 1.82. The van der Waals surface area contributed by atoms with E-state index in [1.54, 1.807) is 6.07 Å². The van der Waals surface area contributed by atoms with E-state index in [1.165, 1.54) is 25.7 Å². The molecule has 23 heavy (non-hydrogen) atoms. The van der Waals surface area contributed by atoms with Gasteiger partial charge in [-0.15, -0.1) is 24.0 Å². The van der Waals surface area contributed by atoms with Crippen LogP contribution >= 0.6 is 24.0 Å². The molecule has 0 amide bonds. The maximum Gasteiger partial charge on any atom is 0.250 e. The number of nitrogens with one attached hydrogen (secondary N) is 2. The smallest absolute Gasteiger partial charge is 0.250 e. The van der Waals surface area contributed by atoms with Gasteiger partial charge in [-0.2, -0.15) is 0 Å². The summed E-state index contributed by atoms with van der Waals surface area (Å²) < 4.78 is 1.84. The van der Waals surface area contributed by atoms with Crippen LogP contribution in [-0.4, -0.2) is 30.2 Å². The third kappa shape index (κ3) is 6.53. The maximum absolute atomic E-state index is 11.8. The van der Waals surface area contributed by atoms with Gasteiger partial charge in [-0.05, 0) is 38.7 Å². The lowest BCUT2D eigenvalue weighted by Crippen LogP contribution is -2.42. The largest absolute Gasteiger partial charge is 0.356 e. The van der Waals surface area contributed by atoms with Crippen LogP contribution in [0.2, 0.25) is 0 Å². The molecule has 0 aromatic carbocycles. The minimum absolute atomic E-state index is 0. The normalized spacial score (nSPS) is 15.3. The van der Waals surface area contributed by atoms with Crippen LogP contribution in [0.15, 0.2) is 28.0 Å². The Morgan fingerprint density at radius 3 is 2.70 bits per heavy atom. The zero-order valence-electron chi connectivity index (χ0n) is 14.2. The van der Waals surface area contributed by atoms with Gasteiger partial charge in [-0.25, -0.2) is 0 Å². The molecule has 0 radical (unpaired) electrons. The highest BCUT2D eigenvalue weighted by molar-refractivity contribution is 14.0. The number of hydrogen-bond donors (Lipinski definition) is 2. The van der Waals surface area contributed by atoms with Gasteiger partial charge in [0.15, 0.2) is 5.96 Å². The van der Waals surface area contributed by atoms with Gasteiger partial charge in [0.25, 0.3) is 5.56 Å². The predicted molar refractivity (Wildman–Crippen MR) is 107 cm³/mol. The van der Waals surface area contributed by atoms with Gasteiger partial charge in [0, 0.05) is 37.9 Å². The lowest BCUT2D eigenvalue weighted by Gasteiger charge is -2.17. The highest BCUT2D eigenvalue weighted by atomic mass is 127. The van der Waals surface area contributed by atoms with Crippen molar-refractivity contribution in [1.29, 1.82) is 0 Å². The van der Waals surface area contributed by atoms with Crippen LogP contribution in [0.5, 0.6) is 0 Å². The first-order valence-electron chi connectivity index (χ1n) is 8.34. The van der Waals surface area contributed by atoms with E-state index in [0.29, 0.717) is 6.04 Å². The molecule has 1 aromatic heterocycles. The average molecular weight is 432 g/mol. The van der Waals surface area contributed by atoms with Crippen molar-refractivity contribution in [2.75, 3.05) is 13.6 Å². The van der Waals surface area contributed by atoms with E-state index in [1.807, 2.05) is 30.7 Å². The number of rotatable bonds is 6. The molecule has 0 bridgehead atoms. The van der Waals surface area contributed by atoms with E-state index >= 15 is 0 Å². The number of nitrogens with zero attached hydrogens (tertiary/aromatic N) is 2. The Bertz CT molecular complexity index is 550. The summed E-state index contributed by atoms with van der Waals surface area (Å²) in [4.78, 5) is 16.0. The number of pyridine rings is 1. The van der Waals surface area contributed by atoms with Crippen LogP contribution in [0.4, 0.5) is 0 Å². The minimum atomic E-state index is 0. The molecule has 6 heteroatoms. The number of hydrogen-bond acceptors (Lipinski definition) is 2. The van der Waals surface area contributed by atoms with Crippen LogP contribution < -0.4 is 16.2 Å². The fraction of sp³-hybridized carbons (Fsp3) is 0.647. The molecule has 0 spiro atoms. The van der Waals surface area contributed by atoms with Gasteiger partial charge in [0.1, 0.15) is 0 Å². The molecule has 1 aliphatic carbocycles. The standard InChI is InChI=1S/C17H28N4O.HI/c1-14-8-7-11-16(22)21(14)13-6-5-12-19-17(18-2)20-15-9-3-4-10-15;/h7-8,11,15H,3-6,9-10,12-13H2,1-2H3,(H2,18,19,20);1H. The first-order chi connectivity index (χ1) is 10.7. The Labute approximate surface area is 156 Å². The van der Waals surface area contributed by atoms with E-state index in [4.69, 9.17) is 0 Å². The maximum atomic E-state index is 11.8. The topological polar surface area (TPSA) is 58.4 Å². The SMILES string of the molecule is CN=C(NCCCCn1c(C)cccc1=O)NC1CCCC1.I. The summed E-state index contributed by atoms with van der Waals surface area (Å²) in [6, 6.07) is 6.00. The zero-order chi connectivity index (χ0) is 15.8. The second-order valence-corrected chi connectivity index (χ2v) is 5.99. The fourth-order valence-electron chi connectivity index (χ4n) is 2.97. The van der Waals surface area contributed by atoms with Gasteiger partial charge in [-0.3, -0.25) is 9.79 Å². The van der Waals surface area contributed by atoms with Crippen molar-refractivity contribution in [1.82, 2.24) is 15.2 Å². The molecule has 2 rings (SSSR count). The summed E-state index contributed by atoms with van der Waals surface area (Å²) in [5.74, 6) is 0.903. The van der Waals surface area contributed by atoms with Crippen LogP contribution in [-0.2, 0) is 6.54 Å². The summed E-state index contributed by atoms with van der Waals surface area (Å²) >= 11 is 0. The lowest BCUT2D eigenvalue weighted by atomic mass is 10.2. The van der Waals surface area contributed by atoms with Crippen LogP contribution in [0.1, 0.15) is 44.2 Å². The molecule has 0 unspecified atom stereocenters.